The van der Waals surface area contributed by atoms with Gasteiger partial charge in [0.15, 0.2) is 0 Å². The molecule has 0 aromatic heterocycles. The van der Waals surface area contributed by atoms with Crippen LogP contribution in [0.5, 0.6) is 0 Å². The van der Waals surface area contributed by atoms with Crippen molar-refractivity contribution in [1.29, 1.82) is 0 Å². The van der Waals surface area contributed by atoms with Gasteiger partial charge in [0.1, 0.15) is 0 Å². The third-order valence-electron chi connectivity index (χ3n) is 5.92. The molecule has 29 heavy (non-hydrogen) atoms. The van der Waals surface area contributed by atoms with Crippen LogP contribution in [0.1, 0.15) is 36.0 Å². The quantitative estimate of drug-likeness (QED) is 0.760. The molecule has 154 valence electrons. The average Bonchev–Trinajstić information content (AvgIpc) is 3.39. The number of amides is 1. The fourth-order valence-electron chi connectivity index (χ4n) is 4.35. The van der Waals surface area contributed by atoms with Crippen molar-refractivity contribution < 1.29 is 17.8 Å². The van der Waals surface area contributed by atoms with Gasteiger partial charge in [0.25, 0.3) is 16.0 Å². The van der Waals surface area contributed by atoms with Gasteiger partial charge in [-0.25, -0.2) is 0 Å². The first kappa shape index (κ1) is 20.1. The molecular formula is C22H26N2O4S. The Hall–Kier alpha value is -2.22. The molecule has 1 N–H and O–H groups in total. The second-order valence-electron chi connectivity index (χ2n) is 7.88. The van der Waals surface area contributed by atoms with Crippen LogP contribution in [0.25, 0.3) is 11.1 Å². The van der Waals surface area contributed by atoms with Crippen molar-refractivity contribution in [1.82, 2.24) is 9.80 Å². The minimum absolute atomic E-state index is 0.0833. The summed E-state index contributed by atoms with van der Waals surface area (Å²) in [5, 5.41) is 0. The van der Waals surface area contributed by atoms with Gasteiger partial charge in [0.05, 0.1) is 4.90 Å². The van der Waals surface area contributed by atoms with E-state index in [9.17, 15) is 13.2 Å². The number of rotatable bonds is 5. The van der Waals surface area contributed by atoms with Crippen LogP contribution in [-0.4, -0.2) is 60.9 Å². The highest BCUT2D eigenvalue weighted by atomic mass is 32.2. The lowest BCUT2D eigenvalue weighted by atomic mass is 10.0. The van der Waals surface area contributed by atoms with E-state index in [0.717, 1.165) is 50.1 Å². The van der Waals surface area contributed by atoms with Gasteiger partial charge in [-0.3, -0.25) is 9.35 Å². The number of carbonyl (C=O) groups excluding carboxylic acids is 1. The largest absolute Gasteiger partial charge is 0.334 e. The first-order chi connectivity index (χ1) is 13.9. The molecule has 2 aromatic rings. The molecule has 2 saturated heterocycles. The third kappa shape index (κ3) is 4.52. The molecule has 0 saturated carbocycles. The highest BCUT2D eigenvalue weighted by molar-refractivity contribution is 7.85. The molecule has 1 amide bonds. The van der Waals surface area contributed by atoms with Crippen molar-refractivity contribution in [2.24, 2.45) is 0 Å². The van der Waals surface area contributed by atoms with Crippen LogP contribution >= 0.6 is 0 Å². The van der Waals surface area contributed by atoms with Crippen LogP contribution in [0.15, 0.2) is 53.4 Å². The number of benzene rings is 2. The standard InChI is InChI=1S/C22H26N2O4S/c25-22(24-15-3-4-20(24)16-23-13-1-2-14-23)19-7-5-17(6-8-19)18-9-11-21(12-10-18)29(26,27)28/h5-12,20H,1-4,13-16H2,(H,26,27,28)/t20-/m0/s1. The first-order valence-corrected chi connectivity index (χ1v) is 11.6. The molecule has 2 aliphatic rings. The molecule has 2 aliphatic heterocycles. The topological polar surface area (TPSA) is 77.9 Å². The molecular weight excluding hydrogens is 388 g/mol. The molecule has 6 nitrogen and oxygen atoms in total. The van der Waals surface area contributed by atoms with E-state index in [2.05, 4.69) is 4.90 Å². The normalized spacial score (nSPS) is 20.3. The molecule has 0 unspecified atom stereocenters. The third-order valence-corrected chi connectivity index (χ3v) is 6.79. The van der Waals surface area contributed by atoms with Gasteiger partial charge in [-0.05, 0) is 74.2 Å². The van der Waals surface area contributed by atoms with Gasteiger partial charge in [0.2, 0.25) is 0 Å². The predicted molar refractivity (Wildman–Crippen MR) is 111 cm³/mol. The smallest absolute Gasteiger partial charge is 0.294 e. The molecule has 4 rings (SSSR count). The molecule has 2 aromatic carbocycles. The lowest BCUT2D eigenvalue weighted by Gasteiger charge is -2.28. The second-order valence-corrected chi connectivity index (χ2v) is 9.30. The number of carbonyl (C=O) groups is 1. The number of nitrogens with zero attached hydrogens (tertiary/aromatic N) is 2. The molecule has 2 heterocycles. The molecule has 0 bridgehead atoms. The number of likely N-dealkylation sites (tertiary alicyclic amines) is 2. The van der Waals surface area contributed by atoms with E-state index in [4.69, 9.17) is 4.55 Å². The van der Waals surface area contributed by atoms with E-state index in [1.165, 1.54) is 25.0 Å². The maximum Gasteiger partial charge on any atom is 0.294 e. The summed E-state index contributed by atoms with van der Waals surface area (Å²) in [5.41, 5.74) is 2.39. The fraction of sp³-hybridized carbons (Fsp3) is 0.409. The summed E-state index contributed by atoms with van der Waals surface area (Å²) < 4.78 is 31.4. The first-order valence-electron chi connectivity index (χ1n) is 10.1. The van der Waals surface area contributed by atoms with Gasteiger partial charge in [0, 0.05) is 24.7 Å². The summed E-state index contributed by atoms with van der Waals surface area (Å²) in [6, 6.07) is 13.8. The molecule has 1 atom stereocenters. The van der Waals surface area contributed by atoms with E-state index in [-0.39, 0.29) is 10.8 Å². The van der Waals surface area contributed by atoms with Gasteiger partial charge in [-0.15, -0.1) is 0 Å². The van der Waals surface area contributed by atoms with E-state index in [1.54, 1.807) is 12.1 Å². The lowest BCUT2D eigenvalue weighted by molar-refractivity contribution is 0.0709. The van der Waals surface area contributed by atoms with Gasteiger partial charge >= 0.3 is 0 Å². The number of hydrogen-bond donors (Lipinski definition) is 1. The summed E-state index contributed by atoms with van der Waals surface area (Å²) in [6.45, 7) is 4.08. The fourth-order valence-corrected chi connectivity index (χ4v) is 4.83. The lowest BCUT2D eigenvalue weighted by Crippen LogP contribution is -2.42. The Kier molecular flexibility index (Phi) is 5.72. The van der Waals surface area contributed by atoms with Crippen molar-refractivity contribution in [2.75, 3.05) is 26.2 Å². The zero-order chi connectivity index (χ0) is 20.4. The van der Waals surface area contributed by atoms with E-state index in [0.29, 0.717) is 11.6 Å². The zero-order valence-corrected chi connectivity index (χ0v) is 17.1. The summed E-state index contributed by atoms with van der Waals surface area (Å²) >= 11 is 0. The maximum absolute atomic E-state index is 13.0. The van der Waals surface area contributed by atoms with E-state index < -0.39 is 10.1 Å². The van der Waals surface area contributed by atoms with Crippen LogP contribution in [0.2, 0.25) is 0 Å². The van der Waals surface area contributed by atoms with E-state index in [1.807, 2.05) is 29.2 Å². The Balaban J connectivity index is 1.46. The Morgan fingerprint density at radius 2 is 1.48 bits per heavy atom. The molecule has 2 fully saturated rings. The Labute approximate surface area is 171 Å². The number of hydrogen-bond acceptors (Lipinski definition) is 4. The van der Waals surface area contributed by atoms with E-state index >= 15 is 0 Å². The van der Waals surface area contributed by atoms with Crippen LogP contribution in [0, 0.1) is 0 Å². The van der Waals surface area contributed by atoms with Crippen LogP contribution in [-0.2, 0) is 10.1 Å². The zero-order valence-electron chi connectivity index (χ0n) is 16.3. The summed E-state index contributed by atoms with van der Waals surface area (Å²) in [6.07, 6.45) is 4.64. The summed E-state index contributed by atoms with van der Waals surface area (Å²) in [5.74, 6) is 0.0833. The van der Waals surface area contributed by atoms with Crippen molar-refractivity contribution in [3.05, 3.63) is 54.1 Å². The Bertz CT molecular complexity index is 965. The van der Waals surface area contributed by atoms with Crippen molar-refractivity contribution in [3.63, 3.8) is 0 Å². The summed E-state index contributed by atoms with van der Waals surface area (Å²) in [7, 11) is -4.20. The van der Waals surface area contributed by atoms with Crippen LogP contribution in [0.3, 0.4) is 0 Å². The van der Waals surface area contributed by atoms with Gasteiger partial charge < -0.3 is 9.80 Å². The van der Waals surface area contributed by atoms with Crippen molar-refractivity contribution >= 4 is 16.0 Å². The highest BCUT2D eigenvalue weighted by Crippen LogP contribution is 2.25. The van der Waals surface area contributed by atoms with Crippen LogP contribution < -0.4 is 0 Å². The monoisotopic (exact) mass is 414 g/mol. The highest BCUT2D eigenvalue weighted by Gasteiger charge is 2.31. The van der Waals surface area contributed by atoms with Crippen molar-refractivity contribution in [3.8, 4) is 11.1 Å². The van der Waals surface area contributed by atoms with Crippen molar-refractivity contribution in [2.45, 2.75) is 36.6 Å². The Morgan fingerprint density at radius 1 is 0.897 bits per heavy atom. The van der Waals surface area contributed by atoms with Crippen LogP contribution in [0.4, 0.5) is 0 Å². The van der Waals surface area contributed by atoms with Gasteiger partial charge in [-0.1, -0.05) is 24.3 Å². The second kappa shape index (κ2) is 8.26. The van der Waals surface area contributed by atoms with Gasteiger partial charge in [-0.2, -0.15) is 8.42 Å². The molecule has 0 aliphatic carbocycles. The minimum Gasteiger partial charge on any atom is -0.334 e. The summed E-state index contributed by atoms with van der Waals surface area (Å²) in [4.78, 5) is 17.4. The Morgan fingerprint density at radius 3 is 2.07 bits per heavy atom. The minimum atomic E-state index is -4.20. The SMILES string of the molecule is O=C(c1ccc(-c2ccc(S(=O)(=O)O)cc2)cc1)N1CCC[C@H]1CN1CCCC1. The average molecular weight is 415 g/mol. The molecule has 0 spiro atoms. The predicted octanol–water partition coefficient (Wildman–Crippen LogP) is 3.30. The maximum atomic E-state index is 13.0. The molecule has 7 heteroatoms. The molecule has 0 radical (unpaired) electrons.